The van der Waals surface area contributed by atoms with Crippen LogP contribution in [0.3, 0.4) is 0 Å². The van der Waals surface area contributed by atoms with E-state index in [0.29, 0.717) is 18.8 Å². The van der Waals surface area contributed by atoms with Crippen molar-refractivity contribution in [2.45, 2.75) is 23.8 Å². The lowest BCUT2D eigenvalue weighted by Crippen LogP contribution is -2.39. The van der Waals surface area contributed by atoms with Gasteiger partial charge in [-0.1, -0.05) is 0 Å². The van der Waals surface area contributed by atoms with Gasteiger partial charge in [0.25, 0.3) is 5.69 Å². The number of nitrogens with one attached hydrogen (secondary N) is 1. The smallest absolute Gasteiger partial charge is 0.288 e. The fraction of sp³-hybridized carbons (Fsp3) is 0.375. The van der Waals surface area contributed by atoms with Crippen LogP contribution in [0.15, 0.2) is 41.4 Å². The highest BCUT2D eigenvalue weighted by Crippen LogP contribution is 2.30. The van der Waals surface area contributed by atoms with Gasteiger partial charge in [-0.15, -0.1) is 5.10 Å². The molecule has 1 aromatic carbocycles. The first-order valence-corrected chi connectivity index (χ1v) is 10.0. The number of piperidine rings is 1. The van der Waals surface area contributed by atoms with E-state index in [-0.39, 0.29) is 10.9 Å². The van der Waals surface area contributed by atoms with E-state index in [2.05, 4.69) is 15.5 Å². The molecule has 0 saturated carbocycles. The molecule has 0 atom stereocenters. The standard InChI is InChI=1S/C16H19N5O4S/c1-26(24,25)15-11-13(4-5-14(15)21(22)23)20-9-6-12(7-10-20)18-16-3-2-8-17-19-16/h2-5,8,11-12H,6-7,9-10H2,1H3,(H,18,19). The third-order valence-electron chi connectivity index (χ3n) is 4.32. The third-order valence-corrected chi connectivity index (χ3v) is 5.45. The van der Waals surface area contributed by atoms with Crippen molar-refractivity contribution in [3.63, 3.8) is 0 Å². The fourth-order valence-electron chi connectivity index (χ4n) is 3.02. The second-order valence-electron chi connectivity index (χ2n) is 6.20. The van der Waals surface area contributed by atoms with E-state index in [0.717, 1.165) is 24.9 Å². The van der Waals surface area contributed by atoms with Crippen molar-refractivity contribution < 1.29 is 13.3 Å². The summed E-state index contributed by atoms with van der Waals surface area (Å²) in [5.41, 5.74) is 0.282. The van der Waals surface area contributed by atoms with E-state index < -0.39 is 20.4 Å². The van der Waals surface area contributed by atoms with Gasteiger partial charge < -0.3 is 10.2 Å². The molecule has 1 aliphatic rings. The van der Waals surface area contributed by atoms with Crippen LogP contribution in [0.25, 0.3) is 0 Å². The van der Waals surface area contributed by atoms with Crippen molar-refractivity contribution in [3.05, 3.63) is 46.6 Å². The van der Waals surface area contributed by atoms with Gasteiger partial charge in [0.15, 0.2) is 9.84 Å². The monoisotopic (exact) mass is 377 g/mol. The normalized spacial score (nSPS) is 15.7. The molecule has 10 heteroatoms. The summed E-state index contributed by atoms with van der Waals surface area (Å²) >= 11 is 0. The molecule has 3 rings (SSSR count). The Morgan fingerprint density at radius 2 is 2.00 bits per heavy atom. The minimum Gasteiger partial charge on any atom is -0.371 e. The number of sulfone groups is 1. The number of hydrogen-bond donors (Lipinski definition) is 1. The molecule has 1 aliphatic heterocycles. The van der Waals surface area contributed by atoms with Gasteiger partial charge in [0.1, 0.15) is 10.7 Å². The maximum atomic E-state index is 11.9. The Morgan fingerprint density at radius 1 is 1.27 bits per heavy atom. The predicted molar refractivity (Wildman–Crippen MR) is 97.1 cm³/mol. The first kappa shape index (κ1) is 18.1. The highest BCUT2D eigenvalue weighted by Gasteiger charge is 2.25. The zero-order valence-corrected chi connectivity index (χ0v) is 15.0. The summed E-state index contributed by atoms with van der Waals surface area (Å²) in [4.78, 5) is 12.2. The van der Waals surface area contributed by atoms with E-state index in [1.54, 1.807) is 12.3 Å². The summed E-state index contributed by atoms with van der Waals surface area (Å²) in [6.45, 7) is 1.41. The molecule has 0 aliphatic carbocycles. The molecule has 0 bridgehead atoms. The van der Waals surface area contributed by atoms with Crippen LogP contribution in [0.2, 0.25) is 0 Å². The molecule has 2 aromatic rings. The Morgan fingerprint density at radius 3 is 2.58 bits per heavy atom. The molecule has 0 radical (unpaired) electrons. The molecule has 26 heavy (non-hydrogen) atoms. The Kier molecular flexibility index (Phi) is 5.03. The molecule has 1 N–H and O–H groups in total. The summed E-state index contributed by atoms with van der Waals surface area (Å²) in [5.74, 6) is 0.723. The predicted octanol–water partition coefficient (Wildman–Crippen LogP) is 1.87. The summed E-state index contributed by atoms with van der Waals surface area (Å²) in [6, 6.07) is 8.17. The number of benzene rings is 1. The van der Waals surface area contributed by atoms with Crippen LogP contribution in [0, 0.1) is 10.1 Å². The molecule has 0 unspecified atom stereocenters. The zero-order chi connectivity index (χ0) is 18.7. The lowest BCUT2D eigenvalue weighted by atomic mass is 10.0. The number of anilines is 2. The second-order valence-corrected chi connectivity index (χ2v) is 8.18. The van der Waals surface area contributed by atoms with Gasteiger partial charge in [0, 0.05) is 43.3 Å². The largest absolute Gasteiger partial charge is 0.371 e. The van der Waals surface area contributed by atoms with Gasteiger partial charge in [0.05, 0.1) is 4.92 Å². The summed E-state index contributed by atoms with van der Waals surface area (Å²) in [6.07, 6.45) is 4.27. The van der Waals surface area contributed by atoms with Gasteiger partial charge >= 0.3 is 0 Å². The average molecular weight is 377 g/mol. The van der Waals surface area contributed by atoms with Gasteiger partial charge in [-0.25, -0.2) is 8.42 Å². The van der Waals surface area contributed by atoms with Crippen LogP contribution in [0.1, 0.15) is 12.8 Å². The van der Waals surface area contributed by atoms with Crippen LogP contribution >= 0.6 is 0 Å². The molecule has 1 aromatic heterocycles. The Hall–Kier alpha value is -2.75. The number of aromatic nitrogens is 2. The average Bonchev–Trinajstić information content (AvgIpc) is 2.62. The quantitative estimate of drug-likeness (QED) is 0.620. The van der Waals surface area contributed by atoms with Crippen LogP contribution in [0.4, 0.5) is 17.2 Å². The zero-order valence-electron chi connectivity index (χ0n) is 14.2. The topological polar surface area (TPSA) is 118 Å². The highest BCUT2D eigenvalue weighted by molar-refractivity contribution is 7.90. The summed E-state index contributed by atoms with van der Waals surface area (Å²) in [5, 5.41) is 22.3. The van der Waals surface area contributed by atoms with E-state index in [1.807, 2.05) is 17.0 Å². The number of nitro groups is 1. The number of hydrogen-bond acceptors (Lipinski definition) is 8. The molecule has 138 valence electrons. The highest BCUT2D eigenvalue weighted by atomic mass is 32.2. The van der Waals surface area contributed by atoms with Crippen molar-refractivity contribution in [3.8, 4) is 0 Å². The van der Waals surface area contributed by atoms with Crippen molar-refractivity contribution in [2.24, 2.45) is 0 Å². The van der Waals surface area contributed by atoms with Crippen LogP contribution in [0.5, 0.6) is 0 Å². The lowest BCUT2D eigenvalue weighted by Gasteiger charge is -2.34. The molecular formula is C16H19N5O4S. The number of nitrogens with zero attached hydrogens (tertiary/aromatic N) is 4. The van der Waals surface area contributed by atoms with Crippen LogP contribution < -0.4 is 10.2 Å². The molecule has 1 fully saturated rings. The van der Waals surface area contributed by atoms with Crippen molar-refractivity contribution in [1.82, 2.24) is 10.2 Å². The molecule has 2 heterocycles. The Bertz CT molecular complexity index is 896. The fourth-order valence-corrected chi connectivity index (χ4v) is 3.87. The summed E-state index contributed by atoms with van der Waals surface area (Å²) < 4.78 is 23.8. The minimum absolute atomic E-state index is 0.246. The first-order chi connectivity index (χ1) is 12.3. The van der Waals surface area contributed by atoms with Gasteiger partial charge in [0.2, 0.25) is 0 Å². The van der Waals surface area contributed by atoms with Crippen LogP contribution in [-0.2, 0) is 9.84 Å². The maximum absolute atomic E-state index is 11.9. The molecular weight excluding hydrogens is 358 g/mol. The third kappa shape index (κ3) is 4.07. The minimum atomic E-state index is -3.69. The van der Waals surface area contributed by atoms with Gasteiger partial charge in [-0.05, 0) is 37.1 Å². The van der Waals surface area contributed by atoms with Crippen molar-refractivity contribution in [2.75, 3.05) is 29.6 Å². The van der Waals surface area contributed by atoms with Crippen molar-refractivity contribution >= 4 is 27.0 Å². The first-order valence-electron chi connectivity index (χ1n) is 8.12. The van der Waals surface area contributed by atoms with Crippen LogP contribution in [-0.4, -0.2) is 48.9 Å². The van der Waals surface area contributed by atoms with Crippen molar-refractivity contribution in [1.29, 1.82) is 0 Å². The molecule has 1 saturated heterocycles. The van der Waals surface area contributed by atoms with E-state index in [1.165, 1.54) is 12.1 Å². The van der Waals surface area contributed by atoms with Gasteiger partial charge in [-0.2, -0.15) is 5.10 Å². The van der Waals surface area contributed by atoms with E-state index in [9.17, 15) is 18.5 Å². The van der Waals surface area contributed by atoms with E-state index in [4.69, 9.17) is 0 Å². The number of rotatable bonds is 5. The Labute approximate surface area is 151 Å². The molecule has 0 amide bonds. The summed E-state index contributed by atoms with van der Waals surface area (Å²) in [7, 11) is -3.69. The maximum Gasteiger partial charge on any atom is 0.288 e. The second kappa shape index (κ2) is 7.24. The Balaban J connectivity index is 1.72. The SMILES string of the molecule is CS(=O)(=O)c1cc(N2CCC(Nc3cccnn3)CC2)ccc1[N+](=O)[O-]. The molecule has 9 nitrogen and oxygen atoms in total. The van der Waals surface area contributed by atoms with Gasteiger partial charge in [-0.3, -0.25) is 10.1 Å². The lowest BCUT2D eigenvalue weighted by molar-refractivity contribution is -0.387. The number of nitro benzene ring substituents is 1. The van der Waals surface area contributed by atoms with E-state index >= 15 is 0 Å². The molecule has 0 spiro atoms.